The molecule has 1 saturated heterocycles. The largest absolute Gasteiger partial charge is 0.370 e. The summed E-state index contributed by atoms with van der Waals surface area (Å²) < 4.78 is 0. The van der Waals surface area contributed by atoms with E-state index in [1.54, 1.807) is 0 Å². The smallest absolute Gasteiger partial charge is 0.256 e. The fourth-order valence-electron chi connectivity index (χ4n) is 3.35. The fourth-order valence-corrected chi connectivity index (χ4v) is 3.35. The topological polar surface area (TPSA) is 65.1 Å². The third kappa shape index (κ3) is 3.07. The van der Waals surface area contributed by atoms with Gasteiger partial charge in [0.25, 0.3) is 5.91 Å². The van der Waals surface area contributed by atoms with Crippen LogP contribution in [0.5, 0.6) is 0 Å². The lowest BCUT2D eigenvalue weighted by Gasteiger charge is -2.24. The maximum atomic E-state index is 13.0. The van der Waals surface area contributed by atoms with Gasteiger partial charge < -0.3 is 9.80 Å². The van der Waals surface area contributed by atoms with Gasteiger partial charge in [0.1, 0.15) is 11.0 Å². The number of carbonyl (C=O) groups is 1. The molecule has 0 radical (unpaired) electrons. The van der Waals surface area contributed by atoms with Crippen molar-refractivity contribution in [3.8, 4) is 0 Å². The summed E-state index contributed by atoms with van der Waals surface area (Å²) in [6.07, 6.45) is 0.953. The molecule has 1 aliphatic heterocycles. The average Bonchev–Trinajstić information content (AvgIpc) is 2.98. The number of rotatable bonds is 2. The monoisotopic (exact) mass is 335 g/mol. The number of aromatic amines is 1. The highest BCUT2D eigenvalue weighted by Gasteiger charge is 2.22. The Labute approximate surface area is 146 Å². The highest BCUT2D eigenvalue weighted by molar-refractivity contribution is 6.04. The lowest BCUT2D eigenvalue weighted by Crippen LogP contribution is -2.35. The second-order valence-corrected chi connectivity index (χ2v) is 6.47. The van der Waals surface area contributed by atoms with E-state index >= 15 is 0 Å². The highest BCUT2D eigenvalue weighted by Crippen LogP contribution is 2.20. The molecular formula is C19H21N5O. The van der Waals surface area contributed by atoms with E-state index in [-0.39, 0.29) is 5.91 Å². The van der Waals surface area contributed by atoms with Crippen molar-refractivity contribution in [2.45, 2.75) is 13.3 Å². The molecule has 1 fully saturated rings. The van der Waals surface area contributed by atoms with E-state index in [9.17, 15) is 4.79 Å². The van der Waals surface area contributed by atoms with Crippen LogP contribution in [0.4, 0.5) is 5.69 Å². The van der Waals surface area contributed by atoms with Gasteiger partial charge in [-0.2, -0.15) is 15.4 Å². The number of carbonyl (C=O) groups excluding carboxylic acids is 1. The molecule has 2 aromatic carbocycles. The number of amides is 1. The van der Waals surface area contributed by atoms with Gasteiger partial charge >= 0.3 is 0 Å². The predicted molar refractivity (Wildman–Crippen MR) is 97.8 cm³/mol. The van der Waals surface area contributed by atoms with E-state index in [4.69, 9.17) is 0 Å². The van der Waals surface area contributed by atoms with Crippen molar-refractivity contribution in [3.05, 3.63) is 53.6 Å². The number of aryl methyl sites for hydroxylation is 1. The molecule has 6 heteroatoms. The maximum Gasteiger partial charge on any atom is 0.256 e. The zero-order valence-electron chi connectivity index (χ0n) is 14.3. The first-order valence-electron chi connectivity index (χ1n) is 8.63. The minimum Gasteiger partial charge on any atom is -0.370 e. The van der Waals surface area contributed by atoms with E-state index < -0.39 is 0 Å². The average molecular weight is 335 g/mol. The number of nitrogens with zero attached hydrogens (tertiary/aromatic N) is 4. The van der Waals surface area contributed by atoms with Crippen molar-refractivity contribution in [1.29, 1.82) is 0 Å². The number of aromatic nitrogens is 3. The van der Waals surface area contributed by atoms with Crippen LogP contribution in [0.15, 0.2) is 42.5 Å². The summed E-state index contributed by atoms with van der Waals surface area (Å²) in [4.78, 5) is 17.3. The molecule has 0 bridgehead atoms. The van der Waals surface area contributed by atoms with E-state index in [0.29, 0.717) is 17.6 Å². The first kappa shape index (κ1) is 15.6. The van der Waals surface area contributed by atoms with Crippen LogP contribution in [0, 0.1) is 6.92 Å². The first-order valence-corrected chi connectivity index (χ1v) is 8.63. The Bertz CT molecular complexity index is 886. The lowest BCUT2D eigenvalue weighted by molar-refractivity contribution is 0.0769. The summed E-state index contributed by atoms with van der Waals surface area (Å²) in [6, 6.07) is 14.1. The first-order chi connectivity index (χ1) is 12.2. The van der Waals surface area contributed by atoms with Crippen LogP contribution in [-0.2, 0) is 0 Å². The van der Waals surface area contributed by atoms with Crippen molar-refractivity contribution in [2.24, 2.45) is 0 Å². The number of para-hydroxylation sites is 1. The second-order valence-electron chi connectivity index (χ2n) is 6.47. The van der Waals surface area contributed by atoms with Crippen LogP contribution < -0.4 is 4.90 Å². The van der Waals surface area contributed by atoms with E-state index in [0.717, 1.165) is 31.6 Å². The number of hydrogen-bond acceptors (Lipinski definition) is 4. The zero-order chi connectivity index (χ0) is 17.2. The number of benzene rings is 2. The molecular weight excluding hydrogens is 314 g/mol. The van der Waals surface area contributed by atoms with Crippen LogP contribution in [0.2, 0.25) is 0 Å². The number of hydrogen-bond donors (Lipinski definition) is 1. The standard InChI is InChI=1S/C19H21N5O/c1-14-6-8-15(9-7-14)23-10-3-11-24(13-12-23)19(25)16-4-2-5-17-18(16)21-22-20-17/h2,4-9H,3,10-13H2,1H3,(H,20,21,22). The van der Waals surface area contributed by atoms with Crippen LogP contribution in [0.1, 0.15) is 22.3 Å². The molecule has 128 valence electrons. The van der Waals surface area contributed by atoms with Gasteiger partial charge in [-0.1, -0.05) is 23.8 Å². The third-order valence-corrected chi connectivity index (χ3v) is 4.76. The molecule has 0 unspecified atom stereocenters. The van der Waals surface area contributed by atoms with Gasteiger partial charge in [-0.3, -0.25) is 4.79 Å². The van der Waals surface area contributed by atoms with Crippen LogP contribution >= 0.6 is 0 Å². The number of anilines is 1. The van der Waals surface area contributed by atoms with Gasteiger partial charge in [-0.15, -0.1) is 0 Å². The normalized spacial score (nSPS) is 15.4. The third-order valence-electron chi connectivity index (χ3n) is 4.76. The lowest BCUT2D eigenvalue weighted by atomic mass is 10.1. The Kier molecular flexibility index (Phi) is 4.09. The molecule has 0 aliphatic carbocycles. The van der Waals surface area contributed by atoms with Gasteiger partial charge in [0.15, 0.2) is 0 Å². The van der Waals surface area contributed by atoms with Crippen LogP contribution in [-0.4, -0.2) is 52.4 Å². The van der Waals surface area contributed by atoms with Crippen molar-refractivity contribution in [3.63, 3.8) is 0 Å². The van der Waals surface area contributed by atoms with Gasteiger partial charge in [0.2, 0.25) is 0 Å². The summed E-state index contributed by atoms with van der Waals surface area (Å²) in [7, 11) is 0. The fraction of sp³-hybridized carbons (Fsp3) is 0.316. The predicted octanol–water partition coefficient (Wildman–Crippen LogP) is 2.62. The Morgan fingerprint density at radius 2 is 1.84 bits per heavy atom. The molecule has 0 saturated carbocycles. The zero-order valence-corrected chi connectivity index (χ0v) is 14.3. The molecule has 0 spiro atoms. The van der Waals surface area contributed by atoms with E-state index in [1.165, 1.54) is 11.3 Å². The van der Waals surface area contributed by atoms with Crippen molar-refractivity contribution in [2.75, 3.05) is 31.1 Å². The van der Waals surface area contributed by atoms with Crippen LogP contribution in [0.25, 0.3) is 11.0 Å². The molecule has 4 rings (SSSR count). The van der Waals surface area contributed by atoms with Gasteiger partial charge in [-0.25, -0.2) is 0 Å². The summed E-state index contributed by atoms with van der Waals surface area (Å²) in [5.74, 6) is 0.0326. The van der Waals surface area contributed by atoms with Crippen molar-refractivity contribution in [1.82, 2.24) is 20.3 Å². The summed E-state index contributed by atoms with van der Waals surface area (Å²) in [6.45, 7) is 5.36. The van der Waals surface area contributed by atoms with Gasteiger partial charge in [0, 0.05) is 31.9 Å². The number of nitrogens with one attached hydrogen (secondary N) is 1. The summed E-state index contributed by atoms with van der Waals surface area (Å²) in [5.41, 5.74) is 4.47. The Morgan fingerprint density at radius 1 is 1.00 bits per heavy atom. The molecule has 1 N–H and O–H groups in total. The molecule has 6 nitrogen and oxygen atoms in total. The minimum absolute atomic E-state index is 0.0326. The highest BCUT2D eigenvalue weighted by atomic mass is 16.2. The molecule has 1 aromatic heterocycles. The van der Waals surface area contributed by atoms with E-state index in [2.05, 4.69) is 51.5 Å². The summed E-state index contributed by atoms with van der Waals surface area (Å²) in [5, 5.41) is 10.8. The Balaban J connectivity index is 1.51. The van der Waals surface area contributed by atoms with Crippen molar-refractivity contribution >= 4 is 22.6 Å². The Morgan fingerprint density at radius 3 is 2.68 bits per heavy atom. The molecule has 25 heavy (non-hydrogen) atoms. The van der Waals surface area contributed by atoms with Gasteiger partial charge in [-0.05, 0) is 37.6 Å². The molecule has 1 amide bonds. The molecule has 0 atom stereocenters. The molecule has 2 heterocycles. The second kappa shape index (κ2) is 6.55. The van der Waals surface area contributed by atoms with Crippen molar-refractivity contribution < 1.29 is 4.79 Å². The van der Waals surface area contributed by atoms with Gasteiger partial charge in [0.05, 0.1) is 5.56 Å². The number of fused-ring (bicyclic) bond motifs is 1. The minimum atomic E-state index is 0.0326. The van der Waals surface area contributed by atoms with E-state index in [1.807, 2.05) is 23.1 Å². The quantitative estimate of drug-likeness (QED) is 0.782. The molecule has 1 aliphatic rings. The Hall–Kier alpha value is -2.89. The summed E-state index contributed by atoms with van der Waals surface area (Å²) >= 11 is 0. The number of H-pyrrole nitrogens is 1. The SMILES string of the molecule is Cc1ccc(N2CCCN(C(=O)c3cccc4n[nH]nc34)CC2)cc1. The molecule has 3 aromatic rings. The maximum absolute atomic E-state index is 13.0. The van der Waals surface area contributed by atoms with Crippen LogP contribution in [0.3, 0.4) is 0 Å².